The lowest BCUT2D eigenvalue weighted by atomic mass is 9.98. The molecule has 2 aromatic rings. The Morgan fingerprint density at radius 1 is 1.06 bits per heavy atom. The van der Waals surface area contributed by atoms with E-state index in [0.717, 1.165) is 25.2 Å². The van der Waals surface area contributed by atoms with Gasteiger partial charge < -0.3 is 10.6 Å². The topological polar surface area (TPSA) is 29.3 Å². The van der Waals surface area contributed by atoms with Crippen LogP contribution in [0.15, 0.2) is 42.5 Å². The molecule has 92 valence electrons. The molecule has 2 N–H and O–H groups in total. The van der Waals surface area contributed by atoms with Crippen molar-refractivity contribution in [2.24, 2.45) is 0 Å². The summed E-state index contributed by atoms with van der Waals surface area (Å²) in [6, 6.07) is 12.9. The Morgan fingerprint density at radius 3 is 2.72 bits per heavy atom. The Bertz CT molecular complexity index is 580. The lowest BCUT2D eigenvalue weighted by Crippen LogP contribution is -2.31. The number of nitrogen functional groups attached to an aromatic ring is 1. The van der Waals surface area contributed by atoms with Gasteiger partial charge >= 0.3 is 0 Å². The highest BCUT2D eigenvalue weighted by molar-refractivity contribution is 5.53. The molecular formula is C15H15FN2. The third kappa shape index (κ3) is 1.92. The van der Waals surface area contributed by atoms with Crippen LogP contribution in [-0.2, 0) is 13.0 Å². The Kier molecular flexibility index (Phi) is 2.67. The van der Waals surface area contributed by atoms with E-state index in [0.29, 0.717) is 5.69 Å². The summed E-state index contributed by atoms with van der Waals surface area (Å²) in [4.78, 5) is 2.07. The molecule has 0 atom stereocenters. The standard InChI is InChI=1S/C15H15FN2/c16-14-3-1-2-4-15(14)18-8-7-11-5-6-13(17)9-12(11)10-18/h1-6,9H,7-8,10,17H2. The van der Waals surface area contributed by atoms with Crippen LogP contribution in [-0.4, -0.2) is 6.54 Å². The largest absolute Gasteiger partial charge is 0.399 e. The third-order valence-electron chi connectivity index (χ3n) is 3.44. The first-order chi connectivity index (χ1) is 8.74. The molecule has 0 amide bonds. The highest BCUT2D eigenvalue weighted by Gasteiger charge is 2.18. The van der Waals surface area contributed by atoms with E-state index in [1.54, 1.807) is 6.07 Å². The number of nitrogens with zero attached hydrogens (tertiary/aromatic N) is 1. The molecule has 0 aromatic heterocycles. The first-order valence-corrected chi connectivity index (χ1v) is 6.11. The fraction of sp³-hybridized carbons (Fsp3) is 0.200. The summed E-state index contributed by atoms with van der Waals surface area (Å²) in [6.07, 6.45) is 0.934. The molecule has 1 aliphatic rings. The predicted octanol–water partition coefficient (Wildman–Crippen LogP) is 2.97. The summed E-state index contributed by atoms with van der Waals surface area (Å²) >= 11 is 0. The smallest absolute Gasteiger partial charge is 0.146 e. The van der Waals surface area contributed by atoms with Crippen LogP contribution in [0, 0.1) is 5.82 Å². The Morgan fingerprint density at radius 2 is 1.89 bits per heavy atom. The molecule has 3 rings (SSSR count). The van der Waals surface area contributed by atoms with Crippen molar-refractivity contribution in [2.45, 2.75) is 13.0 Å². The van der Waals surface area contributed by atoms with Crippen LogP contribution in [0.25, 0.3) is 0 Å². The van der Waals surface area contributed by atoms with Gasteiger partial charge in [0, 0.05) is 18.8 Å². The second kappa shape index (κ2) is 4.33. The summed E-state index contributed by atoms with van der Waals surface area (Å²) in [5.74, 6) is -0.162. The highest BCUT2D eigenvalue weighted by atomic mass is 19.1. The second-order valence-electron chi connectivity index (χ2n) is 4.65. The monoisotopic (exact) mass is 242 g/mol. The molecule has 3 heteroatoms. The molecule has 0 aliphatic carbocycles. The number of anilines is 2. The van der Waals surface area contributed by atoms with E-state index in [9.17, 15) is 4.39 Å². The number of fused-ring (bicyclic) bond motifs is 1. The average molecular weight is 242 g/mol. The van der Waals surface area contributed by atoms with Gasteiger partial charge in [-0.2, -0.15) is 0 Å². The Hall–Kier alpha value is -2.03. The fourth-order valence-corrected chi connectivity index (χ4v) is 2.49. The molecule has 0 saturated carbocycles. The molecule has 2 aromatic carbocycles. The predicted molar refractivity (Wildman–Crippen MR) is 72.0 cm³/mol. The third-order valence-corrected chi connectivity index (χ3v) is 3.44. The summed E-state index contributed by atoms with van der Waals surface area (Å²) < 4.78 is 13.8. The highest BCUT2D eigenvalue weighted by Crippen LogP contribution is 2.27. The zero-order valence-electron chi connectivity index (χ0n) is 10.1. The zero-order valence-corrected chi connectivity index (χ0v) is 10.1. The van der Waals surface area contributed by atoms with Crippen molar-refractivity contribution in [3.05, 3.63) is 59.4 Å². The van der Waals surface area contributed by atoms with Crippen molar-refractivity contribution < 1.29 is 4.39 Å². The molecule has 1 aliphatic heterocycles. The van der Waals surface area contributed by atoms with E-state index in [1.807, 2.05) is 24.3 Å². The number of halogens is 1. The Balaban J connectivity index is 1.93. The van der Waals surface area contributed by atoms with Crippen molar-refractivity contribution >= 4 is 11.4 Å². The van der Waals surface area contributed by atoms with E-state index in [-0.39, 0.29) is 5.82 Å². The van der Waals surface area contributed by atoms with Gasteiger partial charge in [-0.1, -0.05) is 18.2 Å². The van der Waals surface area contributed by atoms with Gasteiger partial charge in [-0.3, -0.25) is 0 Å². The summed E-state index contributed by atoms with van der Waals surface area (Å²) in [5, 5.41) is 0. The summed E-state index contributed by atoms with van der Waals surface area (Å²) in [7, 11) is 0. The van der Waals surface area contributed by atoms with Crippen LogP contribution in [0.4, 0.5) is 15.8 Å². The molecule has 18 heavy (non-hydrogen) atoms. The minimum absolute atomic E-state index is 0.162. The molecule has 0 spiro atoms. The maximum atomic E-state index is 13.8. The van der Waals surface area contributed by atoms with E-state index < -0.39 is 0 Å². The fourth-order valence-electron chi connectivity index (χ4n) is 2.49. The zero-order chi connectivity index (χ0) is 12.5. The lowest BCUT2D eigenvalue weighted by Gasteiger charge is -2.31. The van der Waals surface area contributed by atoms with Crippen LogP contribution in [0.3, 0.4) is 0 Å². The quantitative estimate of drug-likeness (QED) is 0.779. The van der Waals surface area contributed by atoms with Crippen LogP contribution in [0.2, 0.25) is 0 Å². The van der Waals surface area contributed by atoms with Gasteiger partial charge in [-0.05, 0) is 41.8 Å². The maximum absolute atomic E-state index is 13.8. The number of benzene rings is 2. The molecule has 0 radical (unpaired) electrons. The van der Waals surface area contributed by atoms with Gasteiger partial charge in [0.05, 0.1) is 5.69 Å². The van der Waals surface area contributed by atoms with Crippen LogP contribution in [0.1, 0.15) is 11.1 Å². The van der Waals surface area contributed by atoms with E-state index in [2.05, 4.69) is 11.0 Å². The summed E-state index contributed by atoms with van der Waals surface area (Å²) in [5.41, 5.74) is 9.76. The first-order valence-electron chi connectivity index (χ1n) is 6.11. The normalized spacial score (nSPS) is 14.4. The number of para-hydroxylation sites is 1. The van der Waals surface area contributed by atoms with Gasteiger partial charge in [-0.25, -0.2) is 4.39 Å². The van der Waals surface area contributed by atoms with E-state index >= 15 is 0 Å². The number of rotatable bonds is 1. The van der Waals surface area contributed by atoms with Gasteiger partial charge in [0.1, 0.15) is 5.82 Å². The van der Waals surface area contributed by atoms with Gasteiger partial charge in [0.15, 0.2) is 0 Å². The second-order valence-corrected chi connectivity index (χ2v) is 4.65. The SMILES string of the molecule is Nc1ccc2c(c1)CN(c1ccccc1F)CC2. The minimum atomic E-state index is -0.162. The first kappa shape index (κ1) is 11.1. The van der Waals surface area contributed by atoms with E-state index in [4.69, 9.17) is 5.73 Å². The molecule has 2 nitrogen and oxygen atoms in total. The number of hydrogen-bond acceptors (Lipinski definition) is 2. The molecule has 0 unspecified atom stereocenters. The molecular weight excluding hydrogens is 227 g/mol. The van der Waals surface area contributed by atoms with Crippen molar-refractivity contribution in [3.63, 3.8) is 0 Å². The van der Waals surface area contributed by atoms with Crippen molar-refractivity contribution in [1.29, 1.82) is 0 Å². The van der Waals surface area contributed by atoms with E-state index in [1.165, 1.54) is 17.2 Å². The summed E-state index contributed by atoms with van der Waals surface area (Å²) in [6.45, 7) is 1.57. The van der Waals surface area contributed by atoms with Gasteiger partial charge in [0.2, 0.25) is 0 Å². The van der Waals surface area contributed by atoms with Crippen molar-refractivity contribution in [2.75, 3.05) is 17.2 Å². The van der Waals surface area contributed by atoms with Crippen molar-refractivity contribution in [3.8, 4) is 0 Å². The van der Waals surface area contributed by atoms with Crippen LogP contribution >= 0.6 is 0 Å². The van der Waals surface area contributed by atoms with Crippen LogP contribution in [0.5, 0.6) is 0 Å². The molecule has 0 saturated heterocycles. The number of hydrogen-bond donors (Lipinski definition) is 1. The average Bonchev–Trinajstić information content (AvgIpc) is 2.38. The van der Waals surface area contributed by atoms with Crippen molar-refractivity contribution in [1.82, 2.24) is 0 Å². The minimum Gasteiger partial charge on any atom is -0.399 e. The van der Waals surface area contributed by atoms with Crippen LogP contribution < -0.4 is 10.6 Å². The van der Waals surface area contributed by atoms with Gasteiger partial charge in [0.25, 0.3) is 0 Å². The molecule has 0 fully saturated rings. The lowest BCUT2D eigenvalue weighted by molar-refractivity contribution is 0.610. The molecule has 1 heterocycles. The molecule has 0 bridgehead atoms. The number of nitrogens with two attached hydrogens (primary N) is 1. The van der Waals surface area contributed by atoms with Gasteiger partial charge in [-0.15, -0.1) is 0 Å². The maximum Gasteiger partial charge on any atom is 0.146 e. The Labute approximate surface area is 106 Å².